The number of ether oxygens (including phenoxy) is 1. The molecule has 70 valence electrons. The first kappa shape index (κ1) is 9.90. The molecule has 0 amide bonds. The molecule has 0 spiro atoms. The quantitative estimate of drug-likeness (QED) is 0.307. The molecular formula is C9H8N4O. The lowest BCUT2D eigenvalue weighted by molar-refractivity contribution is 0.396. The van der Waals surface area contributed by atoms with Gasteiger partial charge < -0.3 is 4.74 Å². The van der Waals surface area contributed by atoms with E-state index in [4.69, 9.17) is 10.3 Å². The second kappa shape index (κ2) is 5.46. The van der Waals surface area contributed by atoms with Crippen LogP contribution >= 0.6 is 0 Å². The smallest absolute Gasteiger partial charge is 0.229 e. The van der Waals surface area contributed by atoms with E-state index in [1.165, 1.54) is 7.11 Å². The highest BCUT2D eigenvalue weighted by molar-refractivity contribution is 5.41. The first-order valence-corrected chi connectivity index (χ1v) is 3.87. The standard InChI is InChI=1S/C9H8N4O/c1-14-9-8(4-2-6-11-9)5-3-7-12-13-10/h2,4,6H,7H2,1H3. The Kier molecular flexibility index (Phi) is 3.86. The third-order valence-electron chi connectivity index (χ3n) is 1.40. The lowest BCUT2D eigenvalue weighted by atomic mass is 10.3. The Bertz CT molecular complexity index is 412. The van der Waals surface area contributed by atoms with Crippen molar-refractivity contribution in [3.05, 3.63) is 34.3 Å². The van der Waals surface area contributed by atoms with Gasteiger partial charge in [-0.1, -0.05) is 17.0 Å². The Hall–Kier alpha value is -2.18. The van der Waals surface area contributed by atoms with E-state index in [-0.39, 0.29) is 6.54 Å². The third-order valence-corrected chi connectivity index (χ3v) is 1.40. The number of pyridine rings is 1. The van der Waals surface area contributed by atoms with Crippen molar-refractivity contribution in [2.45, 2.75) is 0 Å². The number of methoxy groups -OCH3 is 1. The van der Waals surface area contributed by atoms with Gasteiger partial charge in [0.05, 0.1) is 19.2 Å². The fourth-order valence-electron chi connectivity index (χ4n) is 0.850. The van der Waals surface area contributed by atoms with Gasteiger partial charge in [-0.25, -0.2) is 4.98 Å². The monoisotopic (exact) mass is 188 g/mol. The van der Waals surface area contributed by atoms with Crippen molar-refractivity contribution in [1.29, 1.82) is 0 Å². The molecule has 5 heteroatoms. The Morgan fingerprint density at radius 1 is 1.71 bits per heavy atom. The second-order valence-corrected chi connectivity index (χ2v) is 2.25. The molecule has 0 radical (unpaired) electrons. The van der Waals surface area contributed by atoms with Gasteiger partial charge in [0.25, 0.3) is 0 Å². The first-order valence-electron chi connectivity index (χ1n) is 3.87. The highest BCUT2D eigenvalue weighted by Gasteiger charge is 1.97. The van der Waals surface area contributed by atoms with Crippen LogP contribution in [-0.4, -0.2) is 18.6 Å². The Morgan fingerprint density at radius 2 is 2.57 bits per heavy atom. The van der Waals surface area contributed by atoms with Crippen molar-refractivity contribution in [3.8, 4) is 17.7 Å². The van der Waals surface area contributed by atoms with Crippen molar-refractivity contribution in [3.63, 3.8) is 0 Å². The zero-order chi connectivity index (χ0) is 10.2. The van der Waals surface area contributed by atoms with Crippen LogP contribution in [-0.2, 0) is 0 Å². The van der Waals surface area contributed by atoms with E-state index in [0.717, 1.165) is 0 Å². The van der Waals surface area contributed by atoms with Crippen LogP contribution in [0.15, 0.2) is 23.4 Å². The van der Waals surface area contributed by atoms with Crippen LogP contribution in [0.2, 0.25) is 0 Å². The molecule has 1 heterocycles. The molecule has 0 unspecified atom stereocenters. The minimum absolute atomic E-state index is 0.147. The molecule has 0 aromatic carbocycles. The lowest BCUT2D eigenvalue weighted by Crippen LogP contribution is -1.90. The Balaban J connectivity index is 2.82. The molecule has 0 fully saturated rings. The number of aromatic nitrogens is 1. The van der Waals surface area contributed by atoms with E-state index >= 15 is 0 Å². The topological polar surface area (TPSA) is 70.9 Å². The van der Waals surface area contributed by atoms with Gasteiger partial charge in [-0.2, -0.15) is 0 Å². The molecule has 5 nitrogen and oxygen atoms in total. The maximum atomic E-state index is 8.02. The van der Waals surface area contributed by atoms with E-state index in [1.54, 1.807) is 18.3 Å². The van der Waals surface area contributed by atoms with E-state index in [9.17, 15) is 0 Å². The molecule has 0 aliphatic rings. The molecule has 0 N–H and O–H groups in total. The van der Waals surface area contributed by atoms with E-state index in [0.29, 0.717) is 11.4 Å². The van der Waals surface area contributed by atoms with Crippen molar-refractivity contribution in [1.82, 2.24) is 4.98 Å². The van der Waals surface area contributed by atoms with Crippen LogP contribution < -0.4 is 4.74 Å². The molecule has 0 saturated carbocycles. The fourth-order valence-corrected chi connectivity index (χ4v) is 0.850. The Morgan fingerprint density at radius 3 is 3.29 bits per heavy atom. The van der Waals surface area contributed by atoms with Crippen molar-refractivity contribution < 1.29 is 4.74 Å². The van der Waals surface area contributed by atoms with Crippen molar-refractivity contribution in [2.75, 3.05) is 13.7 Å². The summed E-state index contributed by atoms with van der Waals surface area (Å²) in [5.41, 5.74) is 8.70. The van der Waals surface area contributed by atoms with Gasteiger partial charge in [0.1, 0.15) is 0 Å². The number of rotatable bonds is 2. The number of azide groups is 1. The van der Waals surface area contributed by atoms with Crippen LogP contribution in [0.25, 0.3) is 10.4 Å². The van der Waals surface area contributed by atoms with Crippen LogP contribution in [0.3, 0.4) is 0 Å². The van der Waals surface area contributed by atoms with Crippen molar-refractivity contribution >= 4 is 0 Å². The number of nitrogens with zero attached hydrogens (tertiary/aromatic N) is 4. The molecule has 0 atom stereocenters. The molecule has 1 aromatic rings. The molecule has 1 rings (SSSR count). The number of hydrogen-bond donors (Lipinski definition) is 0. The zero-order valence-electron chi connectivity index (χ0n) is 7.64. The van der Waals surface area contributed by atoms with Crippen LogP contribution in [0.4, 0.5) is 0 Å². The summed E-state index contributed by atoms with van der Waals surface area (Å²) in [6.45, 7) is 0.147. The molecule has 14 heavy (non-hydrogen) atoms. The summed E-state index contributed by atoms with van der Waals surface area (Å²) < 4.78 is 4.99. The van der Waals surface area contributed by atoms with Gasteiger partial charge in [-0.3, -0.25) is 0 Å². The van der Waals surface area contributed by atoms with E-state index in [2.05, 4.69) is 26.9 Å². The highest BCUT2D eigenvalue weighted by Crippen LogP contribution is 2.10. The average molecular weight is 188 g/mol. The van der Waals surface area contributed by atoms with Gasteiger partial charge in [0.2, 0.25) is 5.88 Å². The average Bonchev–Trinajstić information content (AvgIpc) is 2.25. The second-order valence-electron chi connectivity index (χ2n) is 2.25. The minimum Gasteiger partial charge on any atom is -0.480 e. The maximum Gasteiger partial charge on any atom is 0.229 e. The minimum atomic E-state index is 0.147. The van der Waals surface area contributed by atoms with E-state index < -0.39 is 0 Å². The molecule has 0 aliphatic carbocycles. The largest absolute Gasteiger partial charge is 0.480 e. The van der Waals surface area contributed by atoms with Gasteiger partial charge in [0.15, 0.2) is 0 Å². The normalized spacial score (nSPS) is 8.07. The molecule has 1 aromatic heterocycles. The summed E-state index contributed by atoms with van der Waals surface area (Å²) in [7, 11) is 1.53. The number of hydrogen-bond acceptors (Lipinski definition) is 3. The molecule has 0 bridgehead atoms. The summed E-state index contributed by atoms with van der Waals surface area (Å²) in [5.74, 6) is 5.96. The predicted octanol–water partition coefficient (Wildman–Crippen LogP) is 1.75. The summed E-state index contributed by atoms with van der Waals surface area (Å²) in [6, 6.07) is 3.55. The fraction of sp³-hybridized carbons (Fsp3) is 0.222. The molecule has 0 aliphatic heterocycles. The zero-order valence-corrected chi connectivity index (χ0v) is 7.64. The summed E-state index contributed by atoms with van der Waals surface area (Å²) in [6.07, 6.45) is 1.62. The molecular weight excluding hydrogens is 180 g/mol. The highest BCUT2D eigenvalue weighted by atomic mass is 16.5. The summed E-state index contributed by atoms with van der Waals surface area (Å²) in [4.78, 5) is 6.55. The van der Waals surface area contributed by atoms with Gasteiger partial charge in [-0.05, 0) is 17.7 Å². The van der Waals surface area contributed by atoms with Crippen LogP contribution in [0.1, 0.15) is 5.56 Å². The maximum absolute atomic E-state index is 8.02. The van der Waals surface area contributed by atoms with Gasteiger partial charge >= 0.3 is 0 Å². The van der Waals surface area contributed by atoms with Gasteiger partial charge in [0, 0.05) is 11.1 Å². The van der Waals surface area contributed by atoms with E-state index in [1.807, 2.05) is 0 Å². The van der Waals surface area contributed by atoms with Crippen molar-refractivity contribution in [2.24, 2.45) is 5.11 Å². The lowest BCUT2D eigenvalue weighted by Gasteiger charge is -1.98. The third kappa shape index (κ3) is 2.70. The summed E-state index contributed by atoms with van der Waals surface area (Å²) in [5, 5.41) is 3.29. The molecule has 0 saturated heterocycles. The summed E-state index contributed by atoms with van der Waals surface area (Å²) >= 11 is 0. The Labute approximate surface area is 81.4 Å². The predicted molar refractivity (Wildman–Crippen MR) is 51.7 cm³/mol. The first-order chi connectivity index (χ1) is 6.88. The SMILES string of the molecule is COc1ncccc1C#CCN=[N+]=[N-]. The van der Waals surface area contributed by atoms with Gasteiger partial charge in [-0.15, -0.1) is 0 Å². The van der Waals surface area contributed by atoms with Crippen LogP contribution in [0.5, 0.6) is 5.88 Å². The van der Waals surface area contributed by atoms with Crippen LogP contribution in [0, 0.1) is 11.8 Å².